The second-order valence-corrected chi connectivity index (χ2v) is 6.45. The molecule has 1 aliphatic rings. The van der Waals surface area contributed by atoms with Crippen LogP contribution in [0.2, 0.25) is 0 Å². The van der Waals surface area contributed by atoms with Crippen molar-refractivity contribution in [3.05, 3.63) is 75.9 Å². The molecule has 0 spiro atoms. The number of carbonyl (C=O) groups is 3. The minimum atomic E-state index is -0.632. The van der Waals surface area contributed by atoms with Gasteiger partial charge in [-0.25, -0.2) is 0 Å². The van der Waals surface area contributed by atoms with E-state index in [4.69, 9.17) is 4.74 Å². The standard InChI is InChI=1S/C19H14O4S/c1-11-7-9-13(10-8-11)24-19-17(22)15-6-4-3-5-14(15)16(21)18(19)23-12(2)20/h3-10H,1-2H3. The van der Waals surface area contributed by atoms with Crippen LogP contribution in [-0.2, 0) is 9.53 Å². The Kier molecular flexibility index (Phi) is 4.36. The van der Waals surface area contributed by atoms with E-state index in [1.165, 1.54) is 6.92 Å². The summed E-state index contributed by atoms with van der Waals surface area (Å²) in [5.74, 6) is -1.59. The molecule has 0 bridgehead atoms. The SMILES string of the molecule is CC(=O)OC1=C(Sc2ccc(C)cc2)C(=O)c2ccccc2C1=O. The van der Waals surface area contributed by atoms with E-state index in [1.54, 1.807) is 24.3 Å². The second kappa shape index (κ2) is 6.45. The molecule has 0 unspecified atom stereocenters. The number of thioether (sulfide) groups is 1. The summed E-state index contributed by atoms with van der Waals surface area (Å²) >= 11 is 1.13. The summed E-state index contributed by atoms with van der Waals surface area (Å²) in [6.07, 6.45) is 0. The number of carbonyl (C=O) groups excluding carboxylic acids is 3. The number of rotatable bonds is 3. The quantitative estimate of drug-likeness (QED) is 0.793. The topological polar surface area (TPSA) is 60.4 Å². The Morgan fingerprint density at radius 1 is 0.917 bits per heavy atom. The summed E-state index contributed by atoms with van der Waals surface area (Å²) in [6, 6.07) is 14.1. The average molecular weight is 338 g/mol. The lowest BCUT2D eigenvalue weighted by Crippen LogP contribution is -2.23. The van der Waals surface area contributed by atoms with E-state index < -0.39 is 11.8 Å². The predicted octanol–water partition coefficient (Wildman–Crippen LogP) is 3.94. The van der Waals surface area contributed by atoms with Gasteiger partial charge in [0.2, 0.25) is 11.6 Å². The predicted molar refractivity (Wildman–Crippen MR) is 90.9 cm³/mol. The Bertz CT molecular complexity index is 878. The summed E-state index contributed by atoms with van der Waals surface area (Å²) < 4.78 is 5.09. The zero-order valence-corrected chi connectivity index (χ0v) is 14.0. The van der Waals surface area contributed by atoms with E-state index >= 15 is 0 Å². The molecule has 3 rings (SSSR count). The van der Waals surface area contributed by atoms with Crippen molar-refractivity contribution in [1.29, 1.82) is 0 Å². The number of hydrogen-bond donors (Lipinski definition) is 0. The van der Waals surface area contributed by atoms with Crippen molar-refractivity contribution in [1.82, 2.24) is 0 Å². The molecule has 0 saturated carbocycles. The smallest absolute Gasteiger partial charge is 0.308 e. The molecule has 4 nitrogen and oxygen atoms in total. The van der Waals surface area contributed by atoms with Gasteiger partial charge in [-0.2, -0.15) is 0 Å². The maximum absolute atomic E-state index is 12.8. The highest BCUT2D eigenvalue weighted by Crippen LogP contribution is 2.37. The van der Waals surface area contributed by atoms with Gasteiger partial charge >= 0.3 is 5.97 Å². The lowest BCUT2D eigenvalue weighted by Gasteiger charge is -2.19. The lowest BCUT2D eigenvalue weighted by molar-refractivity contribution is -0.136. The molecule has 0 heterocycles. The molecule has 5 heteroatoms. The number of ketones is 2. The van der Waals surface area contributed by atoms with Gasteiger partial charge in [0.1, 0.15) is 4.91 Å². The van der Waals surface area contributed by atoms with Gasteiger partial charge < -0.3 is 4.74 Å². The third-order valence-electron chi connectivity index (χ3n) is 3.52. The summed E-state index contributed by atoms with van der Waals surface area (Å²) in [5.41, 5.74) is 1.67. The van der Waals surface area contributed by atoms with Crippen LogP contribution in [0.3, 0.4) is 0 Å². The molecule has 0 N–H and O–H groups in total. The first kappa shape index (κ1) is 16.2. The van der Waals surface area contributed by atoms with Crippen molar-refractivity contribution in [3.8, 4) is 0 Å². The number of Topliss-reactive ketones (excluding diaryl/α,β-unsaturated/α-hetero) is 2. The zero-order valence-electron chi connectivity index (χ0n) is 13.2. The first-order valence-electron chi connectivity index (χ1n) is 7.33. The van der Waals surface area contributed by atoms with Crippen LogP contribution >= 0.6 is 11.8 Å². The Balaban J connectivity index is 2.09. The molecule has 120 valence electrons. The van der Waals surface area contributed by atoms with Crippen molar-refractivity contribution >= 4 is 29.3 Å². The van der Waals surface area contributed by atoms with Crippen LogP contribution < -0.4 is 0 Å². The Morgan fingerprint density at radius 2 is 1.50 bits per heavy atom. The third kappa shape index (κ3) is 3.03. The fourth-order valence-electron chi connectivity index (χ4n) is 2.38. The molecular weight excluding hydrogens is 324 g/mol. The van der Waals surface area contributed by atoms with Gasteiger partial charge in [-0.1, -0.05) is 53.7 Å². The van der Waals surface area contributed by atoms with E-state index in [0.717, 1.165) is 22.2 Å². The maximum Gasteiger partial charge on any atom is 0.308 e. The molecule has 24 heavy (non-hydrogen) atoms. The zero-order chi connectivity index (χ0) is 17.3. The number of benzene rings is 2. The van der Waals surface area contributed by atoms with Crippen LogP contribution in [0.1, 0.15) is 33.2 Å². The number of aryl methyl sites for hydroxylation is 1. The van der Waals surface area contributed by atoms with Gasteiger partial charge in [0.05, 0.1) is 0 Å². The van der Waals surface area contributed by atoms with E-state index in [2.05, 4.69) is 0 Å². The Hall–Kier alpha value is -2.66. The fourth-order valence-corrected chi connectivity index (χ4v) is 3.32. The number of hydrogen-bond acceptors (Lipinski definition) is 5. The number of allylic oxidation sites excluding steroid dienone is 2. The summed E-state index contributed by atoms with van der Waals surface area (Å²) in [5, 5.41) is 0. The molecule has 0 atom stereocenters. The molecule has 2 aromatic rings. The van der Waals surface area contributed by atoms with Gasteiger partial charge in [-0.3, -0.25) is 14.4 Å². The molecule has 0 radical (unpaired) electrons. The van der Waals surface area contributed by atoms with Gasteiger partial charge in [-0.15, -0.1) is 0 Å². The van der Waals surface area contributed by atoms with Crippen LogP contribution in [0, 0.1) is 6.92 Å². The highest BCUT2D eigenvalue weighted by atomic mass is 32.2. The molecule has 0 aliphatic heterocycles. The highest BCUT2D eigenvalue weighted by molar-refractivity contribution is 8.04. The van der Waals surface area contributed by atoms with Gasteiger partial charge in [0.25, 0.3) is 0 Å². The van der Waals surface area contributed by atoms with Crippen molar-refractivity contribution in [2.75, 3.05) is 0 Å². The van der Waals surface area contributed by atoms with E-state index in [-0.39, 0.29) is 22.0 Å². The van der Waals surface area contributed by atoms with Crippen LogP contribution in [0.5, 0.6) is 0 Å². The highest BCUT2D eigenvalue weighted by Gasteiger charge is 2.34. The molecule has 0 saturated heterocycles. The van der Waals surface area contributed by atoms with Crippen molar-refractivity contribution < 1.29 is 19.1 Å². The van der Waals surface area contributed by atoms with Gasteiger partial charge in [-0.05, 0) is 19.1 Å². The molecule has 2 aromatic carbocycles. The third-order valence-corrected chi connectivity index (χ3v) is 4.60. The summed E-state index contributed by atoms with van der Waals surface area (Å²) in [6.45, 7) is 3.17. The Labute approximate surface area is 143 Å². The van der Waals surface area contributed by atoms with Crippen molar-refractivity contribution in [2.24, 2.45) is 0 Å². The normalized spacial score (nSPS) is 13.8. The fraction of sp³-hybridized carbons (Fsp3) is 0.105. The van der Waals surface area contributed by atoms with Crippen LogP contribution in [0.4, 0.5) is 0 Å². The van der Waals surface area contributed by atoms with Crippen molar-refractivity contribution in [2.45, 2.75) is 18.7 Å². The van der Waals surface area contributed by atoms with Crippen LogP contribution in [-0.4, -0.2) is 17.5 Å². The van der Waals surface area contributed by atoms with Gasteiger partial charge in [0, 0.05) is 22.9 Å². The largest absolute Gasteiger partial charge is 0.421 e. The second-order valence-electron chi connectivity index (χ2n) is 5.37. The monoisotopic (exact) mass is 338 g/mol. The minimum absolute atomic E-state index is 0.137. The first-order chi connectivity index (χ1) is 11.5. The molecule has 0 amide bonds. The average Bonchev–Trinajstić information content (AvgIpc) is 2.57. The molecule has 1 aliphatic carbocycles. The van der Waals surface area contributed by atoms with Crippen LogP contribution in [0.15, 0.2) is 64.1 Å². The number of esters is 1. The van der Waals surface area contributed by atoms with E-state index in [1.807, 2.05) is 31.2 Å². The van der Waals surface area contributed by atoms with Gasteiger partial charge in [0.15, 0.2) is 5.76 Å². The first-order valence-corrected chi connectivity index (χ1v) is 8.14. The lowest BCUT2D eigenvalue weighted by atomic mass is 9.93. The molecule has 0 aromatic heterocycles. The van der Waals surface area contributed by atoms with Crippen LogP contribution in [0.25, 0.3) is 0 Å². The minimum Gasteiger partial charge on any atom is -0.421 e. The van der Waals surface area contributed by atoms with Crippen molar-refractivity contribution in [3.63, 3.8) is 0 Å². The Morgan fingerprint density at radius 3 is 2.08 bits per heavy atom. The number of ether oxygens (including phenoxy) is 1. The maximum atomic E-state index is 12.8. The summed E-state index contributed by atoms with van der Waals surface area (Å²) in [4.78, 5) is 37.8. The van der Waals surface area contributed by atoms with E-state index in [0.29, 0.717) is 5.56 Å². The molecular formula is C19H14O4S. The van der Waals surface area contributed by atoms with E-state index in [9.17, 15) is 14.4 Å². The molecule has 0 fully saturated rings. The summed E-state index contributed by atoms with van der Waals surface area (Å²) in [7, 11) is 0. The number of fused-ring (bicyclic) bond motifs is 1.